The Kier molecular flexibility index (Phi) is 2.75. The van der Waals surface area contributed by atoms with Gasteiger partial charge in [-0.25, -0.2) is 4.79 Å². The van der Waals surface area contributed by atoms with Gasteiger partial charge in [0, 0.05) is 18.8 Å². The van der Waals surface area contributed by atoms with E-state index in [1.807, 2.05) is 0 Å². The number of aliphatic carboxylic acids is 1. The van der Waals surface area contributed by atoms with Crippen LogP contribution in [0.1, 0.15) is 25.7 Å². The van der Waals surface area contributed by atoms with Crippen LogP contribution in [0.2, 0.25) is 0 Å². The minimum absolute atomic E-state index is 0.784. The molecule has 3 heteroatoms. The first-order valence-corrected chi connectivity index (χ1v) is 5.38. The molecule has 3 atom stereocenters. The Morgan fingerprint density at radius 3 is 2.86 bits per heavy atom. The lowest BCUT2D eigenvalue weighted by atomic mass is 9.89. The van der Waals surface area contributed by atoms with Crippen molar-refractivity contribution in [1.82, 2.24) is 5.32 Å². The van der Waals surface area contributed by atoms with Crippen molar-refractivity contribution in [2.24, 2.45) is 17.8 Å². The average molecular weight is 195 g/mol. The molecule has 14 heavy (non-hydrogen) atoms. The fourth-order valence-corrected chi connectivity index (χ4v) is 2.98. The number of rotatable bonds is 4. The second kappa shape index (κ2) is 4.03. The van der Waals surface area contributed by atoms with Crippen LogP contribution >= 0.6 is 0 Å². The van der Waals surface area contributed by atoms with Crippen molar-refractivity contribution in [2.75, 3.05) is 6.54 Å². The first-order valence-electron chi connectivity index (χ1n) is 5.38. The lowest BCUT2D eigenvalue weighted by Gasteiger charge is -2.21. The van der Waals surface area contributed by atoms with Crippen LogP contribution in [0.25, 0.3) is 0 Å². The summed E-state index contributed by atoms with van der Waals surface area (Å²) in [5.74, 6) is 1.78. The van der Waals surface area contributed by atoms with E-state index in [0.717, 1.165) is 30.4 Å². The Bertz CT molecular complexity index is 250. The lowest BCUT2D eigenvalue weighted by Crippen LogP contribution is -2.23. The molecular weight excluding hydrogens is 178 g/mol. The van der Waals surface area contributed by atoms with Gasteiger partial charge in [-0.05, 0) is 37.0 Å². The summed E-state index contributed by atoms with van der Waals surface area (Å²) in [5.41, 5.74) is 0. The predicted molar refractivity (Wildman–Crippen MR) is 53.7 cm³/mol. The first kappa shape index (κ1) is 9.56. The molecule has 0 aromatic carbocycles. The highest BCUT2D eigenvalue weighted by Crippen LogP contribution is 2.47. The van der Waals surface area contributed by atoms with Crippen molar-refractivity contribution in [1.29, 1.82) is 0 Å². The number of carboxylic acids is 1. The summed E-state index contributed by atoms with van der Waals surface area (Å²) in [6.07, 6.45) is 8.28. The summed E-state index contributed by atoms with van der Waals surface area (Å²) < 4.78 is 0. The smallest absolute Gasteiger partial charge is 0.329 e. The van der Waals surface area contributed by atoms with Crippen molar-refractivity contribution >= 4 is 5.97 Å². The minimum Gasteiger partial charge on any atom is -0.478 e. The fraction of sp³-hybridized carbons (Fsp3) is 0.727. The van der Waals surface area contributed by atoms with E-state index in [-0.39, 0.29) is 0 Å². The summed E-state index contributed by atoms with van der Waals surface area (Å²) in [6.45, 7) is 0.949. The largest absolute Gasteiger partial charge is 0.478 e. The van der Waals surface area contributed by atoms with Gasteiger partial charge in [0.1, 0.15) is 0 Å². The van der Waals surface area contributed by atoms with Gasteiger partial charge in [-0.3, -0.25) is 0 Å². The van der Waals surface area contributed by atoms with E-state index in [1.54, 1.807) is 6.20 Å². The van der Waals surface area contributed by atoms with Crippen molar-refractivity contribution < 1.29 is 9.90 Å². The fourth-order valence-electron chi connectivity index (χ4n) is 2.98. The highest BCUT2D eigenvalue weighted by atomic mass is 16.4. The molecule has 2 rings (SSSR count). The number of nitrogens with one attached hydrogen (secondary N) is 1. The average Bonchev–Trinajstić information content (AvgIpc) is 2.73. The monoisotopic (exact) mass is 195 g/mol. The number of hydrogen-bond donors (Lipinski definition) is 2. The van der Waals surface area contributed by atoms with Crippen LogP contribution in [0.3, 0.4) is 0 Å². The van der Waals surface area contributed by atoms with Gasteiger partial charge in [-0.15, -0.1) is 0 Å². The summed E-state index contributed by atoms with van der Waals surface area (Å²) in [5, 5.41) is 11.5. The van der Waals surface area contributed by atoms with Crippen LogP contribution in [-0.2, 0) is 4.79 Å². The molecule has 3 nitrogen and oxygen atoms in total. The van der Waals surface area contributed by atoms with Gasteiger partial charge in [0.15, 0.2) is 0 Å². The van der Waals surface area contributed by atoms with E-state index >= 15 is 0 Å². The number of carboxylic acid groups (broad SMARTS) is 1. The van der Waals surface area contributed by atoms with Crippen LogP contribution in [0.4, 0.5) is 0 Å². The third-order valence-electron chi connectivity index (χ3n) is 3.61. The highest BCUT2D eigenvalue weighted by molar-refractivity contribution is 5.79. The summed E-state index contributed by atoms with van der Waals surface area (Å²) in [7, 11) is 0. The highest BCUT2D eigenvalue weighted by Gasteiger charge is 2.38. The normalized spacial score (nSPS) is 35.3. The molecule has 0 heterocycles. The number of fused-ring (bicyclic) bond motifs is 2. The summed E-state index contributed by atoms with van der Waals surface area (Å²) in [6, 6.07) is 0. The van der Waals surface area contributed by atoms with Crippen molar-refractivity contribution in [3.8, 4) is 0 Å². The van der Waals surface area contributed by atoms with Gasteiger partial charge in [0.2, 0.25) is 0 Å². The zero-order valence-electron chi connectivity index (χ0n) is 8.28. The molecular formula is C11H17NO2. The maximum Gasteiger partial charge on any atom is 0.329 e. The zero-order valence-corrected chi connectivity index (χ0v) is 8.28. The Labute approximate surface area is 84.2 Å². The molecule has 0 spiro atoms. The maximum atomic E-state index is 10.2. The summed E-state index contributed by atoms with van der Waals surface area (Å²) >= 11 is 0. The minimum atomic E-state index is -0.884. The third kappa shape index (κ3) is 2.08. The second-order valence-corrected chi connectivity index (χ2v) is 4.51. The van der Waals surface area contributed by atoms with Gasteiger partial charge >= 0.3 is 5.97 Å². The molecule has 0 aromatic heterocycles. The molecule has 0 radical (unpaired) electrons. The molecule has 0 aliphatic heterocycles. The van der Waals surface area contributed by atoms with Gasteiger partial charge in [0.05, 0.1) is 0 Å². The van der Waals surface area contributed by atoms with E-state index in [2.05, 4.69) is 5.32 Å². The molecule has 0 saturated heterocycles. The molecule has 0 amide bonds. The molecule has 2 aliphatic rings. The van der Waals surface area contributed by atoms with Gasteiger partial charge < -0.3 is 10.4 Å². The maximum absolute atomic E-state index is 10.2. The molecule has 2 N–H and O–H groups in total. The standard InChI is InChI=1S/C11H17NO2/c13-11(14)3-4-12-7-10-6-8-1-2-9(10)5-8/h3-4,8-10,12H,1-2,5-7H2,(H,13,14)/b4-3+. The van der Waals surface area contributed by atoms with Crippen molar-refractivity contribution in [3.05, 3.63) is 12.3 Å². The SMILES string of the molecule is O=C(O)/C=C/NCC1CC2CCC1C2. The summed E-state index contributed by atoms with van der Waals surface area (Å²) in [4.78, 5) is 10.2. The van der Waals surface area contributed by atoms with Crippen LogP contribution in [-0.4, -0.2) is 17.6 Å². The Morgan fingerprint density at radius 2 is 2.29 bits per heavy atom. The van der Waals surface area contributed by atoms with Crippen LogP contribution in [0.15, 0.2) is 12.3 Å². The quantitative estimate of drug-likeness (QED) is 0.670. The van der Waals surface area contributed by atoms with Gasteiger partial charge in [-0.2, -0.15) is 0 Å². The molecule has 2 bridgehead atoms. The van der Waals surface area contributed by atoms with E-state index in [0.29, 0.717) is 0 Å². The van der Waals surface area contributed by atoms with E-state index in [4.69, 9.17) is 5.11 Å². The third-order valence-corrected chi connectivity index (χ3v) is 3.61. The molecule has 0 aromatic rings. The molecule has 2 saturated carbocycles. The molecule has 78 valence electrons. The lowest BCUT2D eigenvalue weighted by molar-refractivity contribution is -0.131. The Morgan fingerprint density at radius 1 is 1.43 bits per heavy atom. The van der Waals surface area contributed by atoms with Crippen molar-refractivity contribution in [2.45, 2.75) is 25.7 Å². The van der Waals surface area contributed by atoms with Crippen LogP contribution < -0.4 is 5.32 Å². The van der Waals surface area contributed by atoms with E-state index in [1.165, 1.54) is 25.7 Å². The van der Waals surface area contributed by atoms with Gasteiger partial charge in [0.25, 0.3) is 0 Å². The zero-order chi connectivity index (χ0) is 9.97. The van der Waals surface area contributed by atoms with E-state index in [9.17, 15) is 4.79 Å². The second-order valence-electron chi connectivity index (χ2n) is 4.51. The molecule has 2 aliphatic carbocycles. The van der Waals surface area contributed by atoms with Gasteiger partial charge in [-0.1, -0.05) is 6.42 Å². The van der Waals surface area contributed by atoms with Crippen molar-refractivity contribution in [3.63, 3.8) is 0 Å². The number of carbonyl (C=O) groups is 1. The Hall–Kier alpha value is -0.990. The van der Waals surface area contributed by atoms with Crippen LogP contribution in [0, 0.1) is 17.8 Å². The van der Waals surface area contributed by atoms with E-state index < -0.39 is 5.97 Å². The molecule has 2 fully saturated rings. The topological polar surface area (TPSA) is 49.3 Å². The molecule has 3 unspecified atom stereocenters. The Balaban J connectivity index is 1.69. The first-order chi connectivity index (χ1) is 6.75. The number of hydrogen-bond acceptors (Lipinski definition) is 2. The van der Waals surface area contributed by atoms with Crippen LogP contribution in [0.5, 0.6) is 0 Å². The predicted octanol–water partition coefficient (Wildman–Crippen LogP) is 1.61.